The predicted octanol–water partition coefficient (Wildman–Crippen LogP) is 10.7. The summed E-state index contributed by atoms with van der Waals surface area (Å²) in [5.41, 5.74) is 16.2. The van der Waals surface area contributed by atoms with Crippen LogP contribution in [0, 0.1) is 18.8 Å². The molecule has 7 aliphatic rings. The van der Waals surface area contributed by atoms with Gasteiger partial charge in [-0.15, -0.1) is 11.6 Å². The monoisotopic (exact) mass is 1600 g/mol. The number of guanidine groups is 1. The zero-order chi connectivity index (χ0) is 81.6. The third kappa shape index (κ3) is 25.8. The van der Waals surface area contributed by atoms with Gasteiger partial charge in [0.05, 0.1) is 52.8 Å². The van der Waals surface area contributed by atoms with E-state index in [4.69, 9.17) is 62.2 Å². The number of rotatable bonds is 26. The number of carbonyl (C=O) groups is 6. The number of nitrogens with zero attached hydrogens (tertiary/aromatic N) is 8. The number of ether oxygens (including phenoxy) is 5. The maximum Gasteiger partial charge on any atom is 0.357 e. The van der Waals surface area contributed by atoms with Crippen LogP contribution >= 0.6 is 11.6 Å². The standard InChI is InChI=1S/C34H38N6O7.C28H27N5O5.C17H31N3O.C6H12ClNO/c1-3-22-18-27(32(41)37-24-8-6-23(7-9-24)31(35)39-44)26(19-29(22)45-2)25-10-11-28(33(42)36-20-21-4-5-21)38-30(25)34(43)47-17-14-40-12-15-46-16-13-40;1-3-17-13-22(26(34)31-19-8-6-18(7-9-19)25(29)33-38)21(12-15(17)2)20-10-11-23(32-24(20)28(36)37)27(35)30-14-16-4-5-16;1-3-7-15(8-4-1)18-17(20-11-13-21-14-12-20)19-16-9-5-2-6-10-16;7-1-2-8-3-5-9-6-4-8/h3,6-11,18-19,21,44H,1,4-5,12-17,20H2,2H3,(H2,35,39)(H,36,42)(H,37,41);3,6-13,16,38H,1,4-5,14H2,2H3,(H2,29,33)(H,30,35)(H,31,34)(H,36,37);15-16H,1-14H2,(H,18,19);1-6H2. The lowest BCUT2D eigenvalue weighted by Crippen LogP contribution is -2.51. The van der Waals surface area contributed by atoms with E-state index in [-0.39, 0.29) is 63.3 Å². The van der Waals surface area contributed by atoms with E-state index >= 15 is 0 Å². The van der Waals surface area contributed by atoms with Gasteiger partial charge >= 0.3 is 11.9 Å². The van der Waals surface area contributed by atoms with E-state index in [2.05, 4.69) is 74.7 Å². The van der Waals surface area contributed by atoms with Gasteiger partial charge in [0.25, 0.3) is 23.6 Å². The Hall–Kier alpha value is -10.8. The molecule has 4 saturated carbocycles. The van der Waals surface area contributed by atoms with E-state index in [1.807, 2.05) is 6.92 Å². The number of aromatic nitrogens is 2. The van der Waals surface area contributed by atoms with E-state index in [1.165, 1.54) is 95.5 Å². The highest BCUT2D eigenvalue weighted by atomic mass is 35.5. The van der Waals surface area contributed by atoms with Crippen LogP contribution in [0.3, 0.4) is 0 Å². The van der Waals surface area contributed by atoms with Crippen LogP contribution < -0.4 is 42.8 Å². The maximum atomic E-state index is 13.8. The Morgan fingerprint density at radius 2 is 1.03 bits per heavy atom. The number of aryl methyl sites for hydroxylation is 1. The number of benzene rings is 4. The Bertz CT molecular complexity index is 4410. The molecule has 614 valence electrons. The zero-order valence-corrected chi connectivity index (χ0v) is 66.4. The minimum absolute atomic E-state index is 0.0111. The number of oxime groups is 2. The number of nitrogens with one attached hydrogen (secondary N) is 5. The van der Waals surface area contributed by atoms with Gasteiger partial charge in [-0.25, -0.2) is 24.5 Å². The van der Waals surface area contributed by atoms with Crippen molar-refractivity contribution in [1.82, 2.24) is 40.6 Å². The maximum absolute atomic E-state index is 13.8. The van der Waals surface area contributed by atoms with Gasteiger partial charge in [-0.2, -0.15) is 0 Å². The fourth-order valence-corrected chi connectivity index (χ4v) is 14.0. The Kier molecular flexibility index (Phi) is 33.3. The Labute approximate surface area is 676 Å². The molecule has 4 amide bonds. The molecule has 29 nitrogen and oxygen atoms in total. The number of carboxylic acid groups (broad SMARTS) is 1. The first-order valence-corrected chi connectivity index (χ1v) is 40.1. The van der Waals surface area contributed by atoms with Gasteiger partial charge in [-0.05, 0) is 184 Å². The van der Waals surface area contributed by atoms with Crippen LogP contribution in [0.4, 0.5) is 11.4 Å². The van der Waals surface area contributed by atoms with Gasteiger partial charge in [-0.3, -0.25) is 29.0 Å². The summed E-state index contributed by atoms with van der Waals surface area (Å²) >= 11 is 5.55. The van der Waals surface area contributed by atoms with Crippen molar-refractivity contribution in [3.63, 3.8) is 0 Å². The van der Waals surface area contributed by atoms with Crippen molar-refractivity contribution in [3.8, 4) is 28.0 Å². The summed E-state index contributed by atoms with van der Waals surface area (Å²) in [7, 11) is 1.49. The summed E-state index contributed by atoms with van der Waals surface area (Å²) < 4.78 is 27.3. The van der Waals surface area contributed by atoms with Gasteiger partial charge in [0.15, 0.2) is 29.0 Å². The van der Waals surface area contributed by atoms with E-state index in [1.54, 1.807) is 91.0 Å². The summed E-state index contributed by atoms with van der Waals surface area (Å²) in [6.07, 6.45) is 20.9. The lowest BCUT2D eigenvalue weighted by molar-refractivity contribution is 0.0193. The van der Waals surface area contributed by atoms with Crippen LogP contribution in [0.1, 0.15) is 180 Å². The summed E-state index contributed by atoms with van der Waals surface area (Å²) in [5, 5.41) is 48.8. The van der Waals surface area contributed by atoms with Crippen LogP contribution in [0.25, 0.3) is 34.4 Å². The van der Waals surface area contributed by atoms with Gasteiger partial charge in [0.2, 0.25) is 0 Å². The molecule has 2 aromatic heterocycles. The third-order valence-corrected chi connectivity index (χ3v) is 21.1. The number of carbonyl (C=O) groups excluding carboxylic acids is 5. The molecule has 6 aromatic rings. The molecule has 0 bridgehead atoms. The number of halogens is 1. The lowest BCUT2D eigenvalue weighted by atomic mass is 9.92. The van der Waals surface area contributed by atoms with Crippen molar-refractivity contribution in [2.45, 2.75) is 109 Å². The number of alkyl halides is 1. The summed E-state index contributed by atoms with van der Waals surface area (Å²) in [5.74, 6) is -0.815. The number of anilines is 2. The average Bonchev–Trinajstić information content (AvgIpc) is 1.04. The normalized spacial score (nSPS) is 17.1. The lowest BCUT2D eigenvalue weighted by Gasteiger charge is -2.34. The van der Waals surface area contributed by atoms with Crippen molar-refractivity contribution in [3.05, 3.63) is 172 Å². The molecule has 12 N–H and O–H groups in total. The molecule has 3 saturated heterocycles. The summed E-state index contributed by atoms with van der Waals surface area (Å²) in [6, 6.07) is 26.5. The number of pyridine rings is 2. The number of aromatic carboxylic acids is 1. The van der Waals surface area contributed by atoms with Crippen molar-refractivity contribution in [2.24, 2.45) is 38.6 Å². The van der Waals surface area contributed by atoms with Gasteiger partial charge in [0, 0.05) is 133 Å². The average molecular weight is 1600 g/mol. The first kappa shape index (κ1) is 86.6. The highest BCUT2D eigenvalue weighted by Crippen LogP contribution is 2.37. The second kappa shape index (κ2) is 44.2. The van der Waals surface area contributed by atoms with Crippen molar-refractivity contribution in [1.29, 1.82) is 0 Å². The van der Waals surface area contributed by atoms with Crippen LogP contribution in [-0.4, -0.2) is 230 Å². The van der Waals surface area contributed by atoms with E-state index in [0.29, 0.717) is 107 Å². The SMILES string of the molecule is C1CCC(N=C(NC2CCCCC2)N2CCOCC2)CC1.C=Cc1cc(C(=O)Nc2ccc(/C(N)=N/O)cc2)c(-c2ccc(C(=O)NCC3CC3)nc2C(=O)OCCN2CCOCC2)cc1OC.C=Cc1cc(C(=O)Nc2ccc(/C(N)=N\O)cc2)c(-c2ccc(C(=O)NCC3CC3)nc2C(=O)O)cc1C.ClCCN1CCOCC1. The first-order chi connectivity index (χ1) is 55.9. The molecule has 0 unspecified atom stereocenters. The van der Waals surface area contributed by atoms with E-state index in [9.17, 15) is 33.9 Å². The topological polar surface area (TPSA) is 394 Å². The number of hydrogen-bond acceptors (Lipinski definition) is 20. The minimum Gasteiger partial charge on any atom is -0.496 e. The molecular weight excluding hydrogens is 1490 g/mol. The van der Waals surface area contributed by atoms with Gasteiger partial charge in [0.1, 0.15) is 23.7 Å². The molecule has 13 rings (SSSR count). The second-order valence-electron chi connectivity index (χ2n) is 29.2. The molecule has 30 heteroatoms. The number of esters is 1. The van der Waals surface area contributed by atoms with Crippen LogP contribution in [0.2, 0.25) is 0 Å². The number of morpholine rings is 3. The molecule has 0 spiro atoms. The fourth-order valence-electron chi connectivity index (χ4n) is 13.8. The van der Waals surface area contributed by atoms with Crippen LogP contribution in [0.5, 0.6) is 5.75 Å². The summed E-state index contributed by atoms with van der Waals surface area (Å²) in [6.45, 7) is 22.3. The molecule has 4 aromatic carbocycles. The molecule has 7 fully saturated rings. The van der Waals surface area contributed by atoms with Crippen LogP contribution in [0.15, 0.2) is 126 Å². The highest BCUT2D eigenvalue weighted by Gasteiger charge is 2.30. The number of carboxylic acids is 1. The Balaban J connectivity index is 0.000000182. The van der Waals surface area contributed by atoms with Gasteiger partial charge in [-0.1, -0.05) is 74.1 Å². The first-order valence-electron chi connectivity index (χ1n) is 39.6. The van der Waals surface area contributed by atoms with Crippen LogP contribution in [-0.2, 0) is 18.9 Å². The second-order valence-corrected chi connectivity index (χ2v) is 29.6. The zero-order valence-electron chi connectivity index (χ0n) is 65.7. The van der Waals surface area contributed by atoms with Crippen molar-refractivity contribution < 1.29 is 68.0 Å². The number of aliphatic imine (C=N–C) groups is 1. The number of amidine groups is 2. The fraction of sp³-hybridized carbons (Fsp3) is 0.447. The largest absolute Gasteiger partial charge is 0.496 e. The number of amides is 4. The smallest absolute Gasteiger partial charge is 0.357 e. The minimum atomic E-state index is -1.33. The highest BCUT2D eigenvalue weighted by molar-refractivity contribution is 6.18. The van der Waals surface area contributed by atoms with E-state index < -0.39 is 35.6 Å². The molecule has 3 aliphatic heterocycles. The molecular formula is C85H108ClN15O14. The quantitative estimate of drug-likeness (QED) is 0.00602. The van der Waals surface area contributed by atoms with Crippen molar-refractivity contribution in [2.75, 3.05) is 135 Å². The Morgan fingerprint density at radius 3 is 1.50 bits per heavy atom. The summed E-state index contributed by atoms with van der Waals surface area (Å²) in [4.78, 5) is 99.2. The predicted molar refractivity (Wildman–Crippen MR) is 444 cm³/mol. The molecule has 0 radical (unpaired) electrons. The van der Waals surface area contributed by atoms with Crippen molar-refractivity contribution >= 4 is 88.3 Å². The molecule has 5 heterocycles. The van der Waals surface area contributed by atoms with Gasteiger partial charge < -0.3 is 82.2 Å². The number of methoxy groups -OCH3 is 1. The molecule has 115 heavy (non-hydrogen) atoms. The number of hydrogen-bond donors (Lipinski definition) is 10. The third-order valence-electron chi connectivity index (χ3n) is 20.9. The van der Waals surface area contributed by atoms with E-state index in [0.717, 1.165) is 109 Å². The Morgan fingerprint density at radius 1 is 0.574 bits per heavy atom. The number of nitrogens with two attached hydrogens (primary N) is 2. The molecule has 4 aliphatic carbocycles. The molecule has 0 atom stereocenters.